The minimum atomic E-state index is 0. The first-order valence-corrected chi connectivity index (χ1v) is 9.31. The minimum Gasteiger partial charge on any atom is -0.340 e. The van der Waals surface area contributed by atoms with E-state index in [0.29, 0.717) is 11.9 Å². The zero-order chi connectivity index (χ0) is 14.9. The molecule has 22 heavy (non-hydrogen) atoms. The first-order chi connectivity index (χ1) is 10.3. The number of carbonyl (C=O) groups excluding carboxylic acids is 1. The van der Waals surface area contributed by atoms with E-state index in [2.05, 4.69) is 4.90 Å². The van der Waals surface area contributed by atoms with Crippen molar-refractivity contribution in [3.63, 3.8) is 0 Å². The average Bonchev–Trinajstić information content (AvgIpc) is 2.96. The van der Waals surface area contributed by atoms with Crippen molar-refractivity contribution in [2.45, 2.75) is 89.5 Å². The highest BCUT2D eigenvalue weighted by Gasteiger charge is 2.30. The molecule has 1 unspecified atom stereocenters. The number of rotatable bonds is 8. The van der Waals surface area contributed by atoms with Crippen LogP contribution < -0.4 is 5.73 Å². The summed E-state index contributed by atoms with van der Waals surface area (Å²) < 4.78 is 0. The third-order valence-corrected chi connectivity index (χ3v) is 5.37. The van der Waals surface area contributed by atoms with Gasteiger partial charge in [0, 0.05) is 19.0 Å². The Balaban J connectivity index is 0.00000242. The van der Waals surface area contributed by atoms with E-state index < -0.39 is 0 Å². The van der Waals surface area contributed by atoms with Crippen LogP contribution in [0.4, 0.5) is 0 Å². The lowest BCUT2D eigenvalue weighted by molar-refractivity contribution is -0.132. The summed E-state index contributed by atoms with van der Waals surface area (Å²) in [5, 5.41) is 0. The molecule has 0 bridgehead atoms. The summed E-state index contributed by atoms with van der Waals surface area (Å²) in [4.78, 5) is 14.7. The molecule has 3 nitrogen and oxygen atoms in total. The van der Waals surface area contributed by atoms with Crippen molar-refractivity contribution in [3.8, 4) is 0 Å². The SMILES string of the molecule is Cl.NCCCCCCC(=O)N1CCCC1CC1CCCCC1. The van der Waals surface area contributed by atoms with Gasteiger partial charge in [-0.25, -0.2) is 0 Å². The molecule has 2 aliphatic rings. The predicted octanol–water partition coefficient (Wildman–Crippen LogP) is 4.28. The van der Waals surface area contributed by atoms with Gasteiger partial charge in [0.25, 0.3) is 0 Å². The lowest BCUT2D eigenvalue weighted by Gasteiger charge is -2.30. The summed E-state index contributed by atoms with van der Waals surface area (Å²) in [5.41, 5.74) is 5.50. The van der Waals surface area contributed by atoms with E-state index in [4.69, 9.17) is 5.73 Å². The number of hydrogen-bond donors (Lipinski definition) is 1. The summed E-state index contributed by atoms with van der Waals surface area (Å²) in [6, 6.07) is 0.560. The van der Waals surface area contributed by atoms with Crippen molar-refractivity contribution in [2.75, 3.05) is 13.1 Å². The highest BCUT2D eigenvalue weighted by Crippen LogP contribution is 2.32. The van der Waals surface area contributed by atoms with Crippen LogP contribution in [0, 0.1) is 5.92 Å². The van der Waals surface area contributed by atoms with Crippen LogP contribution in [0.3, 0.4) is 0 Å². The van der Waals surface area contributed by atoms with Crippen LogP contribution in [0.25, 0.3) is 0 Å². The topological polar surface area (TPSA) is 46.3 Å². The number of hydrogen-bond acceptors (Lipinski definition) is 2. The maximum Gasteiger partial charge on any atom is 0.222 e. The second kappa shape index (κ2) is 11.3. The van der Waals surface area contributed by atoms with E-state index in [1.807, 2.05) is 0 Å². The zero-order valence-corrected chi connectivity index (χ0v) is 14.9. The maximum absolute atomic E-state index is 12.4. The molecule has 1 saturated carbocycles. The van der Waals surface area contributed by atoms with Gasteiger partial charge < -0.3 is 10.6 Å². The molecule has 0 spiro atoms. The van der Waals surface area contributed by atoms with Crippen molar-refractivity contribution in [1.82, 2.24) is 4.90 Å². The largest absolute Gasteiger partial charge is 0.340 e. The van der Waals surface area contributed by atoms with Gasteiger partial charge >= 0.3 is 0 Å². The van der Waals surface area contributed by atoms with E-state index in [0.717, 1.165) is 44.7 Å². The highest BCUT2D eigenvalue weighted by atomic mass is 35.5. The molecule has 4 heteroatoms. The zero-order valence-electron chi connectivity index (χ0n) is 14.1. The molecule has 130 valence electrons. The molecule has 0 aromatic heterocycles. The van der Waals surface area contributed by atoms with Crippen LogP contribution in [-0.4, -0.2) is 29.9 Å². The summed E-state index contributed by atoms with van der Waals surface area (Å²) in [6.07, 6.45) is 16.0. The Labute approximate surface area is 142 Å². The number of amides is 1. The summed E-state index contributed by atoms with van der Waals surface area (Å²) in [7, 11) is 0. The van der Waals surface area contributed by atoms with Crippen molar-refractivity contribution in [1.29, 1.82) is 0 Å². The maximum atomic E-state index is 12.4. The predicted molar refractivity (Wildman–Crippen MR) is 95.3 cm³/mol. The molecule has 0 aromatic carbocycles. The molecule has 1 amide bonds. The van der Waals surface area contributed by atoms with Crippen molar-refractivity contribution < 1.29 is 4.79 Å². The monoisotopic (exact) mass is 330 g/mol. The molecule has 2 N–H and O–H groups in total. The van der Waals surface area contributed by atoms with Crippen molar-refractivity contribution >= 4 is 18.3 Å². The first kappa shape index (κ1) is 19.8. The van der Waals surface area contributed by atoms with E-state index in [1.165, 1.54) is 57.8 Å². The molecule has 1 aliphatic carbocycles. The number of carbonyl (C=O) groups is 1. The van der Waals surface area contributed by atoms with E-state index in [-0.39, 0.29) is 12.4 Å². The number of unbranched alkanes of at least 4 members (excludes halogenated alkanes) is 3. The normalized spacial score (nSPS) is 22.6. The molecule has 2 rings (SSSR count). The van der Waals surface area contributed by atoms with Crippen LogP contribution in [0.2, 0.25) is 0 Å². The highest BCUT2D eigenvalue weighted by molar-refractivity contribution is 5.85. The van der Waals surface area contributed by atoms with Gasteiger partial charge in [-0.3, -0.25) is 4.79 Å². The van der Waals surface area contributed by atoms with Crippen LogP contribution in [0.5, 0.6) is 0 Å². The third kappa shape index (κ3) is 6.45. The van der Waals surface area contributed by atoms with Crippen LogP contribution >= 0.6 is 12.4 Å². The average molecular weight is 331 g/mol. The molecule has 1 atom stereocenters. The quantitative estimate of drug-likeness (QED) is 0.675. The minimum absolute atomic E-state index is 0. The lowest BCUT2D eigenvalue weighted by Crippen LogP contribution is -2.36. The fraction of sp³-hybridized carbons (Fsp3) is 0.944. The Hall–Kier alpha value is -0.280. The molecule has 0 radical (unpaired) electrons. The fourth-order valence-corrected chi connectivity index (χ4v) is 4.13. The van der Waals surface area contributed by atoms with Gasteiger partial charge in [0.05, 0.1) is 0 Å². The summed E-state index contributed by atoms with van der Waals surface area (Å²) in [5.74, 6) is 1.31. The Bertz CT molecular complexity index is 305. The third-order valence-electron chi connectivity index (χ3n) is 5.37. The van der Waals surface area contributed by atoms with Gasteiger partial charge in [0.2, 0.25) is 5.91 Å². The van der Waals surface area contributed by atoms with Gasteiger partial charge in [0.1, 0.15) is 0 Å². The standard InChI is InChI=1S/C18H34N2O.ClH/c19-13-7-2-1-6-12-18(21)20-14-8-11-17(20)15-16-9-4-3-5-10-16;/h16-17H,1-15,19H2;1H. The molecule has 1 heterocycles. The smallest absolute Gasteiger partial charge is 0.222 e. The molecule has 1 saturated heterocycles. The van der Waals surface area contributed by atoms with Crippen LogP contribution in [-0.2, 0) is 4.79 Å². The fourth-order valence-electron chi connectivity index (χ4n) is 4.13. The van der Waals surface area contributed by atoms with Crippen molar-refractivity contribution in [3.05, 3.63) is 0 Å². The number of halogens is 1. The summed E-state index contributed by atoms with van der Waals surface area (Å²) in [6.45, 7) is 1.79. The second-order valence-corrected chi connectivity index (χ2v) is 7.08. The molecule has 1 aliphatic heterocycles. The van der Waals surface area contributed by atoms with Crippen molar-refractivity contribution in [2.24, 2.45) is 11.7 Å². The Morgan fingerprint density at radius 2 is 1.68 bits per heavy atom. The number of likely N-dealkylation sites (tertiary alicyclic amines) is 1. The van der Waals surface area contributed by atoms with Gasteiger partial charge in [0.15, 0.2) is 0 Å². The van der Waals surface area contributed by atoms with Gasteiger partial charge in [-0.1, -0.05) is 44.9 Å². The number of nitrogens with two attached hydrogens (primary N) is 1. The summed E-state index contributed by atoms with van der Waals surface area (Å²) >= 11 is 0. The van der Waals surface area contributed by atoms with E-state index in [9.17, 15) is 4.79 Å². The van der Waals surface area contributed by atoms with Gasteiger partial charge in [-0.2, -0.15) is 0 Å². The van der Waals surface area contributed by atoms with E-state index in [1.54, 1.807) is 0 Å². The Kier molecular flexibility index (Phi) is 10.1. The van der Waals surface area contributed by atoms with E-state index >= 15 is 0 Å². The molecule has 2 fully saturated rings. The first-order valence-electron chi connectivity index (χ1n) is 9.31. The van der Waals surface area contributed by atoms with Crippen LogP contribution in [0.15, 0.2) is 0 Å². The number of nitrogens with zero attached hydrogens (tertiary/aromatic N) is 1. The Morgan fingerprint density at radius 1 is 0.955 bits per heavy atom. The van der Waals surface area contributed by atoms with Gasteiger partial charge in [-0.05, 0) is 44.6 Å². The lowest BCUT2D eigenvalue weighted by atomic mass is 9.84. The second-order valence-electron chi connectivity index (χ2n) is 7.08. The van der Waals surface area contributed by atoms with Crippen LogP contribution in [0.1, 0.15) is 83.5 Å². The molecular weight excluding hydrogens is 296 g/mol. The van der Waals surface area contributed by atoms with Gasteiger partial charge in [-0.15, -0.1) is 12.4 Å². The molecule has 0 aromatic rings. The molecular formula is C18H35ClN2O. The Morgan fingerprint density at radius 3 is 2.41 bits per heavy atom.